The summed E-state index contributed by atoms with van der Waals surface area (Å²) in [5, 5.41) is 10.5. The standard InChI is InChI=1S/C21H27N3O6/c1-28-17-5-4-6-18(29-2)16(17)14-24-8-7-15(19(25)20(24)26)13-22-9-11-23(12-10-22)21(27)30-3/h4-8,25H,9-14H2,1-3H3. The molecule has 0 unspecified atom stereocenters. The minimum atomic E-state index is -0.478. The highest BCUT2D eigenvalue weighted by atomic mass is 16.5. The number of carbonyl (C=O) groups is 1. The Bertz CT molecular complexity index is 928. The lowest BCUT2D eigenvalue weighted by molar-refractivity contribution is 0.0885. The smallest absolute Gasteiger partial charge is 0.409 e. The van der Waals surface area contributed by atoms with Crippen molar-refractivity contribution >= 4 is 6.09 Å². The number of nitrogens with zero attached hydrogens (tertiary/aromatic N) is 3. The van der Waals surface area contributed by atoms with Gasteiger partial charge in [-0.05, 0) is 18.2 Å². The Morgan fingerprint density at radius 1 is 1.00 bits per heavy atom. The van der Waals surface area contributed by atoms with Gasteiger partial charge in [-0.25, -0.2) is 4.79 Å². The van der Waals surface area contributed by atoms with Gasteiger partial charge in [0, 0.05) is 44.5 Å². The molecule has 2 aromatic rings. The van der Waals surface area contributed by atoms with Crippen LogP contribution >= 0.6 is 0 Å². The van der Waals surface area contributed by atoms with E-state index in [2.05, 4.69) is 4.90 Å². The quantitative estimate of drug-likeness (QED) is 0.761. The molecule has 0 radical (unpaired) electrons. The number of methoxy groups -OCH3 is 3. The largest absolute Gasteiger partial charge is 0.503 e. The molecule has 162 valence electrons. The number of piperazine rings is 1. The van der Waals surface area contributed by atoms with Crippen LogP contribution in [0.25, 0.3) is 0 Å². The molecule has 9 nitrogen and oxygen atoms in total. The van der Waals surface area contributed by atoms with Gasteiger partial charge in [-0.15, -0.1) is 0 Å². The molecule has 1 aliphatic heterocycles. The second kappa shape index (κ2) is 9.53. The minimum absolute atomic E-state index is 0.206. The van der Waals surface area contributed by atoms with E-state index in [-0.39, 0.29) is 18.4 Å². The lowest BCUT2D eigenvalue weighted by atomic mass is 10.1. The number of hydrogen-bond donors (Lipinski definition) is 1. The number of benzene rings is 1. The average molecular weight is 417 g/mol. The van der Waals surface area contributed by atoms with Crippen molar-refractivity contribution in [3.05, 3.63) is 51.9 Å². The number of carbonyl (C=O) groups excluding carboxylic acids is 1. The molecule has 0 saturated carbocycles. The molecule has 1 aliphatic rings. The first-order valence-electron chi connectivity index (χ1n) is 9.64. The van der Waals surface area contributed by atoms with Crippen molar-refractivity contribution in [2.24, 2.45) is 0 Å². The fourth-order valence-electron chi connectivity index (χ4n) is 3.56. The van der Waals surface area contributed by atoms with E-state index in [1.807, 2.05) is 6.07 Å². The molecule has 30 heavy (non-hydrogen) atoms. The van der Waals surface area contributed by atoms with E-state index in [0.29, 0.717) is 49.8 Å². The Hall–Kier alpha value is -3.20. The van der Waals surface area contributed by atoms with E-state index in [1.54, 1.807) is 43.5 Å². The summed E-state index contributed by atoms with van der Waals surface area (Å²) < 4.78 is 16.9. The number of aromatic hydroxyl groups is 1. The Labute approximate surface area is 175 Å². The second-order valence-corrected chi connectivity index (χ2v) is 7.00. The highest BCUT2D eigenvalue weighted by Crippen LogP contribution is 2.29. The SMILES string of the molecule is COC(=O)N1CCN(Cc2ccn(Cc3c(OC)cccc3OC)c(=O)c2O)CC1. The summed E-state index contributed by atoms with van der Waals surface area (Å²) in [5.41, 5.74) is 0.791. The monoisotopic (exact) mass is 417 g/mol. The normalized spacial score (nSPS) is 14.4. The topological polar surface area (TPSA) is 93.5 Å². The molecular weight excluding hydrogens is 390 g/mol. The van der Waals surface area contributed by atoms with E-state index >= 15 is 0 Å². The lowest BCUT2D eigenvalue weighted by Crippen LogP contribution is -2.48. The fraction of sp³-hybridized carbons (Fsp3) is 0.429. The first kappa shape index (κ1) is 21.5. The number of amides is 1. The van der Waals surface area contributed by atoms with Crippen molar-refractivity contribution in [1.82, 2.24) is 14.4 Å². The van der Waals surface area contributed by atoms with E-state index in [4.69, 9.17) is 14.2 Å². The van der Waals surface area contributed by atoms with Gasteiger partial charge < -0.3 is 28.8 Å². The van der Waals surface area contributed by atoms with E-state index in [1.165, 1.54) is 11.7 Å². The van der Waals surface area contributed by atoms with Gasteiger partial charge in [-0.1, -0.05) is 6.07 Å². The van der Waals surface area contributed by atoms with Gasteiger partial charge in [-0.3, -0.25) is 9.69 Å². The van der Waals surface area contributed by atoms with Crippen LogP contribution in [0.15, 0.2) is 35.3 Å². The molecule has 1 aromatic heterocycles. The maximum Gasteiger partial charge on any atom is 0.409 e. The molecular formula is C21H27N3O6. The fourth-order valence-corrected chi connectivity index (χ4v) is 3.56. The molecule has 1 fully saturated rings. The van der Waals surface area contributed by atoms with Gasteiger partial charge in [0.1, 0.15) is 11.5 Å². The van der Waals surface area contributed by atoms with Crippen molar-refractivity contribution < 1.29 is 24.1 Å². The third-order valence-electron chi connectivity index (χ3n) is 5.28. The van der Waals surface area contributed by atoms with E-state index in [0.717, 1.165) is 5.56 Å². The first-order chi connectivity index (χ1) is 14.5. The van der Waals surface area contributed by atoms with Gasteiger partial charge in [0.2, 0.25) is 0 Å². The number of ether oxygens (including phenoxy) is 3. The molecule has 9 heteroatoms. The molecule has 0 aliphatic carbocycles. The zero-order valence-corrected chi connectivity index (χ0v) is 17.5. The highest BCUT2D eigenvalue weighted by Gasteiger charge is 2.23. The second-order valence-electron chi connectivity index (χ2n) is 7.00. The van der Waals surface area contributed by atoms with Crippen LogP contribution in [0.3, 0.4) is 0 Å². The lowest BCUT2D eigenvalue weighted by Gasteiger charge is -2.33. The maximum absolute atomic E-state index is 12.8. The molecule has 0 atom stereocenters. The third-order valence-corrected chi connectivity index (χ3v) is 5.28. The molecule has 0 bridgehead atoms. The van der Waals surface area contributed by atoms with Crippen molar-refractivity contribution in [1.29, 1.82) is 0 Å². The molecule has 3 rings (SSSR count). The Kier molecular flexibility index (Phi) is 6.83. The highest BCUT2D eigenvalue weighted by molar-refractivity contribution is 5.67. The van der Waals surface area contributed by atoms with Crippen LogP contribution in [0.2, 0.25) is 0 Å². The van der Waals surface area contributed by atoms with Crippen LogP contribution in [0.1, 0.15) is 11.1 Å². The van der Waals surface area contributed by atoms with Gasteiger partial charge >= 0.3 is 6.09 Å². The maximum atomic E-state index is 12.8. The van der Waals surface area contributed by atoms with Crippen LogP contribution in [-0.4, -0.2) is 73.1 Å². The van der Waals surface area contributed by atoms with Crippen LogP contribution in [0.5, 0.6) is 17.2 Å². The molecule has 1 aromatic carbocycles. The zero-order valence-electron chi connectivity index (χ0n) is 17.5. The molecule has 0 spiro atoms. The van der Waals surface area contributed by atoms with Crippen LogP contribution in [0.4, 0.5) is 4.79 Å². The van der Waals surface area contributed by atoms with Crippen molar-refractivity contribution in [2.45, 2.75) is 13.1 Å². The van der Waals surface area contributed by atoms with Crippen molar-refractivity contribution in [2.75, 3.05) is 47.5 Å². The minimum Gasteiger partial charge on any atom is -0.503 e. The van der Waals surface area contributed by atoms with Crippen LogP contribution < -0.4 is 15.0 Å². The van der Waals surface area contributed by atoms with Gasteiger partial charge in [0.25, 0.3) is 5.56 Å². The summed E-state index contributed by atoms with van der Waals surface area (Å²) >= 11 is 0. The summed E-state index contributed by atoms with van der Waals surface area (Å²) in [6.07, 6.45) is 1.32. The number of aromatic nitrogens is 1. The molecule has 1 saturated heterocycles. The number of hydrogen-bond acceptors (Lipinski definition) is 7. The predicted molar refractivity (Wildman–Crippen MR) is 110 cm³/mol. The molecule has 1 amide bonds. The summed E-state index contributed by atoms with van der Waals surface area (Å²) in [7, 11) is 4.48. The molecule has 1 N–H and O–H groups in total. The third kappa shape index (κ3) is 4.51. The summed E-state index contributed by atoms with van der Waals surface area (Å²) in [6.45, 7) is 2.98. The Balaban J connectivity index is 1.74. The van der Waals surface area contributed by atoms with E-state index in [9.17, 15) is 14.7 Å². The predicted octanol–water partition coefficient (Wildman–Crippen LogP) is 1.50. The van der Waals surface area contributed by atoms with Gasteiger partial charge in [-0.2, -0.15) is 0 Å². The first-order valence-corrected chi connectivity index (χ1v) is 9.64. The van der Waals surface area contributed by atoms with Gasteiger partial charge in [0.05, 0.1) is 33.4 Å². The summed E-state index contributed by atoms with van der Waals surface area (Å²) in [4.78, 5) is 28.1. The number of rotatable bonds is 6. The molecule has 2 heterocycles. The Morgan fingerprint density at radius 3 is 2.20 bits per heavy atom. The summed E-state index contributed by atoms with van der Waals surface area (Å²) in [5.74, 6) is 0.934. The van der Waals surface area contributed by atoms with Crippen LogP contribution in [-0.2, 0) is 17.8 Å². The Morgan fingerprint density at radius 2 is 1.63 bits per heavy atom. The van der Waals surface area contributed by atoms with Crippen molar-refractivity contribution in [3.8, 4) is 17.2 Å². The number of pyridine rings is 1. The van der Waals surface area contributed by atoms with E-state index < -0.39 is 5.56 Å². The van der Waals surface area contributed by atoms with Crippen LogP contribution in [0, 0.1) is 0 Å². The summed E-state index contributed by atoms with van der Waals surface area (Å²) in [6, 6.07) is 7.14. The average Bonchev–Trinajstić information content (AvgIpc) is 2.78. The zero-order chi connectivity index (χ0) is 21.7. The van der Waals surface area contributed by atoms with Gasteiger partial charge in [0.15, 0.2) is 5.75 Å². The van der Waals surface area contributed by atoms with Crippen molar-refractivity contribution in [3.63, 3.8) is 0 Å².